The molecule has 0 aliphatic carbocycles. The maximum Gasteiger partial charge on any atom is 0.337 e. The largest absolute Gasteiger partial charge is 0.493 e. The van der Waals surface area contributed by atoms with Gasteiger partial charge in [0.15, 0.2) is 18.1 Å². The maximum absolute atomic E-state index is 12.3. The molecule has 0 unspecified atom stereocenters. The van der Waals surface area contributed by atoms with Crippen molar-refractivity contribution in [3.8, 4) is 11.5 Å². The molecule has 9 heteroatoms. The first-order valence-corrected chi connectivity index (χ1v) is 10.4. The molecule has 0 fully saturated rings. The van der Waals surface area contributed by atoms with Crippen molar-refractivity contribution in [3.05, 3.63) is 70.9 Å². The number of esters is 1. The summed E-state index contributed by atoms with van der Waals surface area (Å²) in [7, 11) is 2.74. The third-order valence-electron chi connectivity index (χ3n) is 5.13. The van der Waals surface area contributed by atoms with Gasteiger partial charge in [-0.15, -0.1) is 0 Å². The van der Waals surface area contributed by atoms with Gasteiger partial charge in [0, 0.05) is 12.2 Å². The van der Waals surface area contributed by atoms with Crippen molar-refractivity contribution < 1.29 is 28.6 Å². The number of nitrogens with one attached hydrogen (secondary N) is 3. The van der Waals surface area contributed by atoms with E-state index >= 15 is 0 Å². The molecule has 1 atom stereocenters. The van der Waals surface area contributed by atoms with E-state index in [1.807, 2.05) is 30.3 Å². The molecule has 3 amide bonds. The van der Waals surface area contributed by atoms with Gasteiger partial charge in [-0.3, -0.25) is 4.79 Å². The first-order chi connectivity index (χ1) is 15.9. The molecule has 33 heavy (non-hydrogen) atoms. The van der Waals surface area contributed by atoms with E-state index in [1.54, 1.807) is 25.1 Å². The second-order valence-corrected chi connectivity index (χ2v) is 7.35. The molecular weight excluding hydrogens is 426 g/mol. The van der Waals surface area contributed by atoms with Gasteiger partial charge in [-0.05, 0) is 36.6 Å². The van der Waals surface area contributed by atoms with Crippen LogP contribution in [0, 0.1) is 0 Å². The molecule has 0 spiro atoms. The maximum atomic E-state index is 12.3. The van der Waals surface area contributed by atoms with Gasteiger partial charge in [-0.1, -0.05) is 36.4 Å². The number of carbonyl (C=O) groups excluding carboxylic acids is 3. The number of allylic oxidation sites excluding steroid dienone is 1. The fraction of sp³-hybridized carbons (Fsp3) is 0.292. The summed E-state index contributed by atoms with van der Waals surface area (Å²) in [5.74, 6) is -0.0926. The molecule has 1 aliphatic rings. The second kappa shape index (κ2) is 11.0. The lowest BCUT2D eigenvalue weighted by atomic mass is 9.95. The van der Waals surface area contributed by atoms with E-state index in [2.05, 4.69) is 16.0 Å². The predicted octanol–water partition coefficient (Wildman–Crippen LogP) is 2.23. The first-order valence-electron chi connectivity index (χ1n) is 10.4. The highest BCUT2D eigenvalue weighted by molar-refractivity contribution is 5.95. The summed E-state index contributed by atoms with van der Waals surface area (Å²) >= 11 is 0. The van der Waals surface area contributed by atoms with Crippen LogP contribution in [0.15, 0.2) is 59.8 Å². The smallest absolute Gasteiger partial charge is 0.337 e. The molecule has 0 bridgehead atoms. The van der Waals surface area contributed by atoms with E-state index in [4.69, 9.17) is 14.2 Å². The molecule has 1 heterocycles. The van der Waals surface area contributed by atoms with E-state index in [0.717, 1.165) is 12.0 Å². The summed E-state index contributed by atoms with van der Waals surface area (Å²) in [6.45, 7) is 1.95. The molecule has 1 aliphatic heterocycles. The van der Waals surface area contributed by atoms with Crippen LogP contribution in [0.4, 0.5) is 4.79 Å². The molecule has 3 rings (SSSR count). The Bertz CT molecular complexity index is 1050. The fourth-order valence-electron chi connectivity index (χ4n) is 3.49. The van der Waals surface area contributed by atoms with Gasteiger partial charge in [-0.2, -0.15) is 0 Å². The number of benzene rings is 2. The van der Waals surface area contributed by atoms with Crippen LogP contribution in [0.2, 0.25) is 0 Å². The van der Waals surface area contributed by atoms with E-state index < -0.39 is 18.0 Å². The summed E-state index contributed by atoms with van der Waals surface area (Å²) in [4.78, 5) is 36.4. The van der Waals surface area contributed by atoms with Gasteiger partial charge < -0.3 is 30.2 Å². The molecular formula is C24H27N3O6. The monoisotopic (exact) mass is 453 g/mol. The Morgan fingerprint density at radius 1 is 1.06 bits per heavy atom. The SMILES string of the molecule is COC(=O)C1=C(C)NC(=O)N[C@H]1c1ccc(OCC(=O)NCCc2ccccc2)c(OC)c1. The van der Waals surface area contributed by atoms with Crippen LogP contribution in [0.5, 0.6) is 11.5 Å². The third-order valence-corrected chi connectivity index (χ3v) is 5.13. The molecule has 2 aromatic carbocycles. The highest BCUT2D eigenvalue weighted by atomic mass is 16.5. The number of hydrogen-bond donors (Lipinski definition) is 3. The molecule has 0 radical (unpaired) electrons. The lowest BCUT2D eigenvalue weighted by Gasteiger charge is -2.28. The van der Waals surface area contributed by atoms with E-state index in [1.165, 1.54) is 14.2 Å². The number of hydrogen-bond acceptors (Lipinski definition) is 6. The van der Waals surface area contributed by atoms with Gasteiger partial charge in [0.1, 0.15) is 0 Å². The van der Waals surface area contributed by atoms with Gasteiger partial charge in [0.2, 0.25) is 0 Å². The van der Waals surface area contributed by atoms with Crippen molar-refractivity contribution in [1.29, 1.82) is 0 Å². The van der Waals surface area contributed by atoms with Gasteiger partial charge in [-0.25, -0.2) is 9.59 Å². The van der Waals surface area contributed by atoms with Crippen LogP contribution in [0.1, 0.15) is 24.1 Å². The van der Waals surface area contributed by atoms with Crippen molar-refractivity contribution in [1.82, 2.24) is 16.0 Å². The minimum atomic E-state index is -0.726. The van der Waals surface area contributed by atoms with E-state index in [9.17, 15) is 14.4 Å². The van der Waals surface area contributed by atoms with Crippen molar-refractivity contribution in [2.24, 2.45) is 0 Å². The normalized spacial score (nSPS) is 15.2. The van der Waals surface area contributed by atoms with Crippen LogP contribution in [-0.2, 0) is 20.7 Å². The van der Waals surface area contributed by atoms with Crippen molar-refractivity contribution >= 4 is 17.9 Å². The number of rotatable bonds is 9. The van der Waals surface area contributed by atoms with Crippen LogP contribution >= 0.6 is 0 Å². The fourth-order valence-corrected chi connectivity index (χ4v) is 3.49. The molecule has 3 N–H and O–H groups in total. The molecule has 0 aromatic heterocycles. The molecule has 2 aromatic rings. The minimum absolute atomic E-state index is 0.180. The zero-order chi connectivity index (χ0) is 23.8. The lowest BCUT2D eigenvalue weighted by Crippen LogP contribution is -2.45. The van der Waals surface area contributed by atoms with Crippen LogP contribution in [0.3, 0.4) is 0 Å². The molecule has 0 saturated heterocycles. The van der Waals surface area contributed by atoms with Crippen molar-refractivity contribution in [2.75, 3.05) is 27.4 Å². The minimum Gasteiger partial charge on any atom is -0.493 e. The Kier molecular flexibility index (Phi) is 7.91. The lowest BCUT2D eigenvalue weighted by molar-refractivity contribution is -0.136. The Hall–Kier alpha value is -4.01. The van der Waals surface area contributed by atoms with Crippen LogP contribution in [-0.4, -0.2) is 45.3 Å². The summed E-state index contributed by atoms with van der Waals surface area (Å²) < 4.78 is 15.9. The van der Waals surface area contributed by atoms with E-state index in [-0.39, 0.29) is 18.1 Å². The molecule has 174 valence electrons. The summed E-state index contributed by atoms with van der Waals surface area (Å²) in [5.41, 5.74) is 2.42. The topological polar surface area (TPSA) is 115 Å². The Morgan fingerprint density at radius 3 is 2.52 bits per heavy atom. The Balaban J connectivity index is 1.65. The quantitative estimate of drug-likeness (QED) is 0.502. The number of ether oxygens (including phenoxy) is 3. The Morgan fingerprint density at radius 2 is 1.82 bits per heavy atom. The van der Waals surface area contributed by atoms with E-state index in [0.29, 0.717) is 29.3 Å². The average molecular weight is 453 g/mol. The number of carbonyl (C=O) groups is 3. The zero-order valence-electron chi connectivity index (χ0n) is 18.8. The second-order valence-electron chi connectivity index (χ2n) is 7.35. The van der Waals surface area contributed by atoms with Gasteiger partial charge >= 0.3 is 12.0 Å². The van der Waals surface area contributed by atoms with Crippen LogP contribution < -0.4 is 25.4 Å². The molecule has 9 nitrogen and oxygen atoms in total. The van der Waals surface area contributed by atoms with Gasteiger partial charge in [0.05, 0.1) is 25.8 Å². The summed E-state index contributed by atoms with van der Waals surface area (Å²) in [6.07, 6.45) is 0.724. The predicted molar refractivity (Wildman–Crippen MR) is 121 cm³/mol. The highest BCUT2D eigenvalue weighted by Crippen LogP contribution is 2.34. The van der Waals surface area contributed by atoms with Crippen molar-refractivity contribution in [2.45, 2.75) is 19.4 Å². The standard InChI is InChI=1S/C24H27N3O6/c1-15-21(23(29)32-3)22(27-24(30)26-15)17-9-10-18(19(13-17)31-2)33-14-20(28)25-12-11-16-7-5-4-6-8-16/h4-10,13,22H,11-12,14H2,1-3H3,(H,25,28)(H2,26,27,30)/t22-/m0/s1. The average Bonchev–Trinajstić information content (AvgIpc) is 2.82. The van der Waals surface area contributed by atoms with Crippen molar-refractivity contribution in [3.63, 3.8) is 0 Å². The van der Waals surface area contributed by atoms with Gasteiger partial charge in [0.25, 0.3) is 5.91 Å². The number of amides is 3. The summed E-state index contributed by atoms with van der Waals surface area (Å²) in [6, 6.07) is 13.7. The molecule has 0 saturated carbocycles. The third kappa shape index (κ3) is 6.03. The number of urea groups is 1. The Labute approximate surface area is 192 Å². The zero-order valence-corrected chi connectivity index (χ0v) is 18.8. The number of methoxy groups -OCH3 is 2. The highest BCUT2D eigenvalue weighted by Gasteiger charge is 2.32. The van der Waals surface area contributed by atoms with Crippen LogP contribution in [0.25, 0.3) is 0 Å². The first kappa shape index (κ1) is 23.6. The summed E-state index contributed by atoms with van der Waals surface area (Å²) in [5, 5.41) is 8.11.